The third kappa shape index (κ3) is 3.86. The van der Waals surface area contributed by atoms with Gasteiger partial charge in [0.25, 0.3) is 11.8 Å². The molecule has 1 aliphatic heterocycles. The highest BCUT2D eigenvalue weighted by Crippen LogP contribution is 2.33. The molecule has 0 saturated carbocycles. The second-order valence-electron chi connectivity index (χ2n) is 5.95. The van der Waals surface area contributed by atoms with Gasteiger partial charge in [0.05, 0.1) is 19.3 Å². The molecule has 8 heteroatoms. The Bertz CT molecular complexity index is 951. The summed E-state index contributed by atoms with van der Waals surface area (Å²) >= 11 is 0. The van der Waals surface area contributed by atoms with Crippen LogP contribution in [0.3, 0.4) is 0 Å². The molecular weight excluding hydrogens is 362 g/mol. The van der Waals surface area contributed by atoms with E-state index in [9.17, 15) is 9.59 Å². The lowest BCUT2D eigenvalue weighted by Crippen LogP contribution is -2.29. The van der Waals surface area contributed by atoms with Gasteiger partial charge in [-0.25, -0.2) is 5.48 Å². The van der Waals surface area contributed by atoms with Gasteiger partial charge in [0, 0.05) is 11.6 Å². The number of rotatable bonds is 6. The molecule has 1 heterocycles. The van der Waals surface area contributed by atoms with E-state index in [0.29, 0.717) is 17.9 Å². The third-order valence-electron chi connectivity index (χ3n) is 4.24. The number of nitrogens with zero attached hydrogens (tertiary/aromatic N) is 2. The number of nitrogens with one attached hydrogen (secondary N) is 1. The van der Waals surface area contributed by atoms with Crippen molar-refractivity contribution in [3.63, 3.8) is 0 Å². The smallest absolute Gasteiger partial charge is 0.281 e. The molecule has 2 aromatic rings. The molecule has 28 heavy (non-hydrogen) atoms. The molecule has 0 spiro atoms. The molecule has 0 fully saturated rings. The predicted molar refractivity (Wildman–Crippen MR) is 103 cm³/mol. The lowest BCUT2D eigenvalue weighted by atomic mass is 10.1. The highest BCUT2D eigenvalue weighted by Gasteiger charge is 2.35. The largest absolute Gasteiger partial charge is 0.497 e. The zero-order valence-electron chi connectivity index (χ0n) is 15.4. The first-order chi connectivity index (χ1) is 13.6. The molecule has 2 aromatic carbocycles. The van der Waals surface area contributed by atoms with Crippen LogP contribution in [0, 0.1) is 0 Å². The van der Waals surface area contributed by atoms with Gasteiger partial charge < -0.3 is 14.5 Å². The Labute approximate surface area is 161 Å². The molecule has 1 aliphatic rings. The highest BCUT2D eigenvalue weighted by molar-refractivity contribution is 6.54. The number of carbonyl (C=O) groups is 2. The number of fused-ring (bicyclic) bond motifs is 1. The fraction of sp³-hybridized carbons (Fsp3) is 0.150. The fourth-order valence-corrected chi connectivity index (χ4v) is 2.88. The lowest BCUT2D eigenvalue weighted by molar-refractivity contribution is -0.124. The number of hydrogen-bond acceptors (Lipinski definition) is 6. The minimum atomic E-state index is -0.608. The van der Waals surface area contributed by atoms with E-state index < -0.39 is 5.91 Å². The lowest BCUT2D eigenvalue weighted by Gasteiger charge is -2.17. The van der Waals surface area contributed by atoms with Crippen molar-refractivity contribution >= 4 is 29.3 Å². The molecule has 2 amide bonds. The summed E-state index contributed by atoms with van der Waals surface area (Å²) in [5.41, 5.74) is 4.82. The minimum Gasteiger partial charge on any atom is -0.497 e. The van der Waals surface area contributed by atoms with Gasteiger partial charge in [0.2, 0.25) is 0 Å². The Morgan fingerprint density at radius 3 is 2.61 bits per heavy atom. The van der Waals surface area contributed by atoms with Gasteiger partial charge in [0.15, 0.2) is 5.71 Å². The van der Waals surface area contributed by atoms with E-state index in [2.05, 4.69) is 5.16 Å². The highest BCUT2D eigenvalue weighted by atomic mass is 16.6. The van der Waals surface area contributed by atoms with Gasteiger partial charge in [0.1, 0.15) is 12.9 Å². The van der Waals surface area contributed by atoms with Gasteiger partial charge >= 0.3 is 0 Å². The SMILES string of the molecule is CO/N=C1\C(=O)N(Cc2ccc(/C=C/C(=O)NO)cc2)c2ccc(OC)cc21. The Hall–Kier alpha value is -3.65. The van der Waals surface area contributed by atoms with Crippen LogP contribution >= 0.6 is 0 Å². The first-order valence-electron chi connectivity index (χ1n) is 8.40. The summed E-state index contributed by atoms with van der Waals surface area (Å²) in [6.45, 7) is 0.349. The normalized spacial score (nSPS) is 14.5. The zero-order valence-corrected chi connectivity index (χ0v) is 15.4. The van der Waals surface area contributed by atoms with E-state index >= 15 is 0 Å². The topological polar surface area (TPSA) is 100 Å². The molecule has 0 aromatic heterocycles. The first kappa shape index (κ1) is 19.1. The standard InChI is InChI=1S/C20H19N3O5/c1-27-15-8-9-17-16(11-15)19(22-28-2)20(25)23(17)12-14-5-3-13(4-6-14)7-10-18(24)21-26/h3-11,26H,12H2,1-2H3,(H,21,24)/b10-7+,22-19-. The molecule has 0 radical (unpaired) electrons. The summed E-state index contributed by atoms with van der Waals surface area (Å²) < 4.78 is 5.24. The van der Waals surface area contributed by atoms with Gasteiger partial charge in [-0.1, -0.05) is 29.4 Å². The molecule has 3 rings (SSSR count). The van der Waals surface area contributed by atoms with Crippen molar-refractivity contribution in [2.45, 2.75) is 6.54 Å². The Kier molecular flexibility index (Phi) is 5.71. The maximum Gasteiger partial charge on any atom is 0.281 e. The maximum atomic E-state index is 12.8. The maximum absolute atomic E-state index is 12.8. The summed E-state index contributed by atoms with van der Waals surface area (Å²) in [4.78, 5) is 30.3. The van der Waals surface area contributed by atoms with Crippen molar-refractivity contribution in [3.8, 4) is 5.75 Å². The molecule has 0 aliphatic carbocycles. The number of hydrogen-bond donors (Lipinski definition) is 2. The zero-order chi connectivity index (χ0) is 20.1. The number of carbonyl (C=O) groups excluding carboxylic acids is 2. The second-order valence-corrected chi connectivity index (χ2v) is 5.95. The van der Waals surface area contributed by atoms with Crippen LogP contribution in [0.2, 0.25) is 0 Å². The minimum absolute atomic E-state index is 0.228. The van der Waals surface area contributed by atoms with Crippen LogP contribution in [0.25, 0.3) is 6.08 Å². The number of oxime groups is 1. The second kappa shape index (κ2) is 8.36. The molecule has 0 bridgehead atoms. The van der Waals surface area contributed by atoms with E-state index in [0.717, 1.165) is 16.8 Å². The number of ether oxygens (including phenoxy) is 1. The van der Waals surface area contributed by atoms with Gasteiger partial charge in [-0.15, -0.1) is 0 Å². The van der Waals surface area contributed by atoms with E-state index in [1.165, 1.54) is 18.7 Å². The third-order valence-corrected chi connectivity index (χ3v) is 4.24. The number of anilines is 1. The van der Waals surface area contributed by atoms with E-state index in [-0.39, 0.29) is 11.6 Å². The number of methoxy groups -OCH3 is 1. The number of amides is 2. The fourth-order valence-electron chi connectivity index (χ4n) is 2.88. The van der Waals surface area contributed by atoms with Crippen molar-refractivity contribution in [1.82, 2.24) is 5.48 Å². The monoisotopic (exact) mass is 381 g/mol. The first-order valence-corrected chi connectivity index (χ1v) is 8.40. The van der Waals surface area contributed by atoms with Gasteiger partial charge in [-0.05, 0) is 35.4 Å². The number of benzene rings is 2. The quantitative estimate of drug-likeness (QED) is 0.453. The van der Waals surface area contributed by atoms with Crippen LogP contribution in [0.4, 0.5) is 5.69 Å². The van der Waals surface area contributed by atoms with E-state index in [1.54, 1.807) is 30.2 Å². The molecule has 0 saturated heterocycles. The van der Waals surface area contributed by atoms with Crippen molar-refractivity contribution in [3.05, 3.63) is 65.2 Å². The van der Waals surface area contributed by atoms with Crippen LogP contribution in [0.1, 0.15) is 16.7 Å². The predicted octanol–water partition coefficient (Wildman–Crippen LogP) is 2.11. The van der Waals surface area contributed by atoms with Crippen molar-refractivity contribution < 1.29 is 24.4 Å². The van der Waals surface area contributed by atoms with Crippen LogP contribution in [-0.2, 0) is 21.0 Å². The van der Waals surface area contributed by atoms with Crippen LogP contribution in [0.15, 0.2) is 53.7 Å². The molecular formula is C20H19N3O5. The molecule has 0 atom stereocenters. The Morgan fingerprint density at radius 2 is 1.96 bits per heavy atom. The van der Waals surface area contributed by atoms with Crippen molar-refractivity contribution in [2.24, 2.45) is 5.16 Å². The average molecular weight is 381 g/mol. The summed E-state index contributed by atoms with van der Waals surface area (Å²) in [5, 5.41) is 12.4. The summed E-state index contributed by atoms with van der Waals surface area (Å²) in [7, 11) is 2.95. The van der Waals surface area contributed by atoms with Gasteiger partial charge in [-0.3, -0.25) is 14.8 Å². The molecule has 8 nitrogen and oxygen atoms in total. The molecule has 144 valence electrons. The summed E-state index contributed by atoms with van der Waals surface area (Å²) in [6.07, 6.45) is 2.79. The molecule has 0 unspecified atom stereocenters. The van der Waals surface area contributed by atoms with Crippen molar-refractivity contribution in [2.75, 3.05) is 19.1 Å². The summed E-state index contributed by atoms with van der Waals surface area (Å²) in [5.74, 6) is -0.238. The average Bonchev–Trinajstić information content (AvgIpc) is 2.98. The number of hydroxylamine groups is 1. The van der Waals surface area contributed by atoms with Crippen LogP contribution in [-0.4, -0.2) is 37.0 Å². The summed E-state index contributed by atoms with van der Waals surface area (Å²) in [6, 6.07) is 12.7. The molecule has 2 N–H and O–H groups in total. The van der Waals surface area contributed by atoms with Crippen LogP contribution in [0.5, 0.6) is 5.75 Å². The van der Waals surface area contributed by atoms with Crippen LogP contribution < -0.4 is 15.1 Å². The Balaban J connectivity index is 1.85. The van der Waals surface area contributed by atoms with E-state index in [4.69, 9.17) is 14.8 Å². The Morgan fingerprint density at radius 1 is 1.21 bits per heavy atom. The van der Waals surface area contributed by atoms with Gasteiger partial charge in [-0.2, -0.15) is 0 Å². The van der Waals surface area contributed by atoms with Crippen molar-refractivity contribution in [1.29, 1.82) is 0 Å². The van der Waals surface area contributed by atoms with E-state index in [1.807, 2.05) is 30.3 Å².